The zero-order chi connectivity index (χ0) is 27.9. The molecule has 2 aromatic carbocycles. The summed E-state index contributed by atoms with van der Waals surface area (Å²) in [4.78, 5) is 25.8. The lowest BCUT2D eigenvalue weighted by atomic mass is 10.1. The summed E-state index contributed by atoms with van der Waals surface area (Å²) in [5, 5.41) is 11.3. The van der Waals surface area contributed by atoms with E-state index in [0.717, 1.165) is 46.6 Å². The fourth-order valence-corrected chi connectivity index (χ4v) is 3.98. The van der Waals surface area contributed by atoms with Gasteiger partial charge in [-0.25, -0.2) is 4.79 Å². The highest BCUT2D eigenvalue weighted by Crippen LogP contribution is 2.29. The minimum absolute atomic E-state index is 0.0252. The number of fused-ring (bicyclic) bond motifs is 1. The summed E-state index contributed by atoms with van der Waals surface area (Å²) in [6.45, 7) is 7.19. The number of hydrogen-bond acceptors (Lipinski definition) is 4. The second-order valence-corrected chi connectivity index (χ2v) is 8.53. The molecular formula is C28H28F3N3O4. The van der Waals surface area contributed by atoms with Gasteiger partial charge in [-0.05, 0) is 67.8 Å². The topological polar surface area (TPSA) is 93.5 Å². The third-order valence-corrected chi connectivity index (χ3v) is 5.71. The van der Waals surface area contributed by atoms with Gasteiger partial charge < -0.3 is 19.7 Å². The lowest BCUT2D eigenvalue weighted by Gasteiger charge is -2.11. The SMILES string of the molecule is CCCn1c(C)c(CC(=O)Nc2ccc(Oc3cccnc3)c(C)c2)c2ccccc21.O=C(O)C(F)(F)F. The molecule has 0 fully saturated rings. The first-order valence-electron chi connectivity index (χ1n) is 11.9. The third kappa shape index (κ3) is 7.12. The van der Waals surface area contributed by atoms with Crippen LogP contribution in [0.1, 0.15) is 30.2 Å². The maximum Gasteiger partial charge on any atom is 0.490 e. The molecule has 0 saturated heterocycles. The molecule has 0 unspecified atom stereocenters. The van der Waals surface area contributed by atoms with Crippen LogP contribution in [-0.4, -0.2) is 32.7 Å². The van der Waals surface area contributed by atoms with Gasteiger partial charge >= 0.3 is 12.1 Å². The number of aryl methyl sites for hydroxylation is 2. The molecule has 0 bridgehead atoms. The smallest absolute Gasteiger partial charge is 0.475 e. The molecule has 0 radical (unpaired) electrons. The van der Waals surface area contributed by atoms with Gasteiger partial charge in [-0.15, -0.1) is 0 Å². The van der Waals surface area contributed by atoms with Crippen LogP contribution in [0, 0.1) is 13.8 Å². The summed E-state index contributed by atoms with van der Waals surface area (Å²) in [6.07, 6.45) is -0.305. The van der Waals surface area contributed by atoms with E-state index in [0.29, 0.717) is 12.2 Å². The molecule has 0 aliphatic carbocycles. The number of halogens is 3. The number of aliphatic carboxylic acids is 1. The summed E-state index contributed by atoms with van der Waals surface area (Å²) in [5.41, 5.74) is 5.15. The van der Waals surface area contributed by atoms with Gasteiger partial charge in [-0.1, -0.05) is 25.1 Å². The van der Waals surface area contributed by atoms with Gasteiger partial charge in [0.2, 0.25) is 5.91 Å². The molecule has 2 N–H and O–H groups in total. The fraction of sp³-hybridized carbons (Fsp3) is 0.250. The van der Waals surface area contributed by atoms with E-state index < -0.39 is 12.1 Å². The zero-order valence-corrected chi connectivity index (χ0v) is 21.2. The molecule has 0 saturated carbocycles. The summed E-state index contributed by atoms with van der Waals surface area (Å²) >= 11 is 0. The first-order chi connectivity index (χ1) is 18.0. The van der Waals surface area contributed by atoms with Crippen molar-refractivity contribution in [2.24, 2.45) is 0 Å². The first kappa shape index (κ1) is 28.2. The molecular weight excluding hydrogens is 499 g/mol. The Kier molecular flexibility index (Phi) is 9.11. The van der Waals surface area contributed by atoms with E-state index in [2.05, 4.69) is 46.9 Å². The molecule has 0 atom stereocenters. The molecule has 0 spiro atoms. The van der Waals surface area contributed by atoms with Gasteiger partial charge in [0.1, 0.15) is 11.5 Å². The summed E-state index contributed by atoms with van der Waals surface area (Å²) in [7, 11) is 0. The number of nitrogens with one attached hydrogen (secondary N) is 1. The number of carbonyl (C=O) groups is 2. The van der Waals surface area contributed by atoms with E-state index in [1.165, 1.54) is 5.52 Å². The lowest BCUT2D eigenvalue weighted by molar-refractivity contribution is -0.192. The van der Waals surface area contributed by atoms with Crippen LogP contribution in [0.3, 0.4) is 0 Å². The van der Waals surface area contributed by atoms with Crippen molar-refractivity contribution < 1.29 is 32.6 Å². The third-order valence-electron chi connectivity index (χ3n) is 5.71. The monoisotopic (exact) mass is 527 g/mol. The van der Waals surface area contributed by atoms with Gasteiger partial charge in [0.05, 0.1) is 12.6 Å². The van der Waals surface area contributed by atoms with Gasteiger partial charge in [-0.3, -0.25) is 9.78 Å². The molecule has 0 aliphatic rings. The number of carboxylic acid groups (broad SMARTS) is 1. The number of rotatable bonds is 7. The maximum absolute atomic E-state index is 12.9. The van der Waals surface area contributed by atoms with Gasteiger partial charge in [0, 0.05) is 35.0 Å². The molecule has 4 aromatic rings. The van der Waals surface area contributed by atoms with Crippen molar-refractivity contribution in [3.63, 3.8) is 0 Å². The van der Waals surface area contributed by atoms with Gasteiger partial charge in [-0.2, -0.15) is 13.2 Å². The molecule has 7 nitrogen and oxygen atoms in total. The Balaban J connectivity index is 0.000000505. The summed E-state index contributed by atoms with van der Waals surface area (Å²) < 4.78 is 39.9. The van der Waals surface area contributed by atoms with Crippen molar-refractivity contribution in [3.8, 4) is 11.5 Å². The Morgan fingerprint density at radius 1 is 1.08 bits per heavy atom. The molecule has 0 aliphatic heterocycles. The number of para-hydroxylation sites is 1. The highest BCUT2D eigenvalue weighted by molar-refractivity contribution is 5.96. The molecule has 2 aromatic heterocycles. The van der Waals surface area contributed by atoms with Crippen LogP contribution in [-0.2, 0) is 22.6 Å². The Bertz CT molecular complexity index is 1420. The summed E-state index contributed by atoms with van der Waals surface area (Å²) in [5.74, 6) is -1.36. The second kappa shape index (κ2) is 12.3. The number of aromatic nitrogens is 2. The van der Waals surface area contributed by atoms with E-state index in [1.807, 2.05) is 43.3 Å². The van der Waals surface area contributed by atoms with Crippen molar-refractivity contribution >= 4 is 28.5 Å². The molecule has 10 heteroatoms. The Morgan fingerprint density at radius 2 is 1.79 bits per heavy atom. The highest BCUT2D eigenvalue weighted by atomic mass is 19.4. The number of anilines is 1. The van der Waals surface area contributed by atoms with Crippen LogP contribution in [0.2, 0.25) is 0 Å². The highest BCUT2D eigenvalue weighted by Gasteiger charge is 2.38. The Hall–Kier alpha value is -4.34. The predicted molar refractivity (Wildman–Crippen MR) is 138 cm³/mol. The van der Waals surface area contributed by atoms with Crippen molar-refractivity contribution in [3.05, 3.63) is 83.8 Å². The van der Waals surface area contributed by atoms with Crippen molar-refractivity contribution in [1.29, 1.82) is 0 Å². The second-order valence-electron chi connectivity index (χ2n) is 8.53. The van der Waals surface area contributed by atoms with Crippen molar-refractivity contribution in [2.45, 2.75) is 46.3 Å². The molecule has 2 heterocycles. The van der Waals surface area contributed by atoms with Crippen LogP contribution in [0.25, 0.3) is 10.9 Å². The number of pyridine rings is 1. The van der Waals surface area contributed by atoms with E-state index in [4.69, 9.17) is 14.6 Å². The van der Waals surface area contributed by atoms with Crippen LogP contribution in [0.5, 0.6) is 11.5 Å². The number of carboxylic acids is 1. The van der Waals surface area contributed by atoms with Crippen LogP contribution in [0.15, 0.2) is 67.0 Å². The molecule has 200 valence electrons. The standard InChI is InChI=1S/C26H27N3O2.C2HF3O2/c1-4-14-29-19(3)23(22-9-5-6-10-24(22)29)16-26(30)28-20-11-12-25(18(2)15-20)31-21-8-7-13-27-17-21;3-2(4,5)1(6)7/h5-13,15,17H,4,14,16H2,1-3H3,(H,28,30);(H,6,7). The average molecular weight is 528 g/mol. The van der Waals surface area contributed by atoms with E-state index in [-0.39, 0.29) is 5.91 Å². The number of nitrogens with zero attached hydrogens (tertiary/aromatic N) is 2. The normalized spacial score (nSPS) is 11.0. The van der Waals surface area contributed by atoms with Crippen LogP contribution in [0.4, 0.5) is 18.9 Å². The molecule has 38 heavy (non-hydrogen) atoms. The van der Waals surface area contributed by atoms with Gasteiger partial charge in [0.15, 0.2) is 0 Å². The van der Waals surface area contributed by atoms with Crippen molar-refractivity contribution in [1.82, 2.24) is 9.55 Å². The van der Waals surface area contributed by atoms with Crippen molar-refractivity contribution in [2.75, 3.05) is 5.32 Å². The van der Waals surface area contributed by atoms with Gasteiger partial charge in [0.25, 0.3) is 0 Å². The fourth-order valence-electron chi connectivity index (χ4n) is 3.98. The minimum Gasteiger partial charge on any atom is -0.475 e. The lowest BCUT2D eigenvalue weighted by Crippen LogP contribution is -2.21. The number of benzene rings is 2. The number of hydrogen-bond donors (Lipinski definition) is 2. The number of carbonyl (C=O) groups excluding carboxylic acids is 1. The van der Waals surface area contributed by atoms with E-state index >= 15 is 0 Å². The van der Waals surface area contributed by atoms with Crippen LogP contribution < -0.4 is 10.1 Å². The predicted octanol–water partition coefficient (Wildman–Crippen LogP) is 6.67. The van der Waals surface area contributed by atoms with E-state index in [1.54, 1.807) is 12.4 Å². The quantitative estimate of drug-likeness (QED) is 0.280. The first-order valence-corrected chi connectivity index (χ1v) is 11.9. The number of ether oxygens (including phenoxy) is 1. The van der Waals surface area contributed by atoms with Crippen LogP contribution >= 0.6 is 0 Å². The minimum atomic E-state index is -5.08. The largest absolute Gasteiger partial charge is 0.490 e. The number of alkyl halides is 3. The average Bonchev–Trinajstić information content (AvgIpc) is 3.12. The molecule has 4 rings (SSSR count). The maximum atomic E-state index is 12.9. The molecule has 1 amide bonds. The Labute approximate surface area is 217 Å². The number of amides is 1. The zero-order valence-electron chi connectivity index (χ0n) is 21.2. The van der Waals surface area contributed by atoms with E-state index in [9.17, 15) is 18.0 Å². The summed E-state index contributed by atoms with van der Waals surface area (Å²) in [6, 6.07) is 17.7. The Morgan fingerprint density at radius 3 is 2.39 bits per heavy atom.